The third kappa shape index (κ3) is 3.02. The van der Waals surface area contributed by atoms with Crippen molar-refractivity contribution >= 4 is 21.6 Å². The molecule has 1 fully saturated rings. The lowest BCUT2D eigenvalue weighted by molar-refractivity contribution is 0.397. The van der Waals surface area contributed by atoms with E-state index in [1.165, 1.54) is 13.2 Å². The SMILES string of the molecule is COc1c(CN)cc(Cl)cc1S(=O)(=O)NC1CC1C. The first-order chi connectivity index (χ1) is 8.89. The molecule has 7 heteroatoms. The molecule has 1 aromatic rings. The molecule has 1 saturated carbocycles. The molecule has 2 rings (SSSR count). The molecule has 0 heterocycles. The van der Waals surface area contributed by atoms with Crippen LogP contribution in [0.3, 0.4) is 0 Å². The molecule has 0 bridgehead atoms. The minimum atomic E-state index is -3.64. The summed E-state index contributed by atoms with van der Waals surface area (Å²) >= 11 is 5.94. The van der Waals surface area contributed by atoms with Gasteiger partial charge in [0.15, 0.2) is 0 Å². The fourth-order valence-electron chi connectivity index (χ4n) is 1.95. The molecule has 106 valence electrons. The van der Waals surface area contributed by atoms with Gasteiger partial charge in [-0.2, -0.15) is 0 Å². The predicted molar refractivity (Wildman–Crippen MR) is 73.8 cm³/mol. The third-order valence-corrected chi connectivity index (χ3v) is 4.94. The number of ether oxygens (including phenoxy) is 1. The molecule has 1 aromatic carbocycles. The highest BCUT2D eigenvalue weighted by atomic mass is 35.5. The molecular formula is C12H17ClN2O3S. The molecule has 1 aliphatic carbocycles. The Morgan fingerprint density at radius 1 is 1.53 bits per heavy atom. The van der Waals surface area contributed by atoms with E-state index in [2.05, 4.69) is 4.72 Å². The summed E-state index contributed by atoms with van der Waals surface area (Å²) in [7, 11) is -2.22. The minimum absolute atomic E-state index is 0.00462. The van der Waals surface area contributed by atoms with E-state index in [1.54, 1.807) is 6.07 Å². The van der Waals surface area contributed by atoms with Gasteiger partial charge in [-0.25, -0.2) is 13.1 Å². The Bertz CT molecular complexity index is 589. The fourth-order valence-corrected chi connectivity index (χ4v) is 3.85. The number of nitrogens with one attached hydrogen (secondary N) is 1. The van der Waals surface area contributed by atoms with Gasteiger partial charge in [-0.05, 0) is 24.5 Å². The minimum Gasteiger partial charge on any atom is -0.495 e. The van der Waals surface area contributed by atoms with Crippen LogP contribution < -0.4 is 15.2 Å². The van der Waals surface area contributed by atoms with Crippen molar-refractivity contribution < 1.29 is 13.2 Å². The van der Waals surface area contributed by atoms with Gasteiger partial charge in [0.2, 0.25) is 10.0 Å². The van der Waals surface area contributed by atoms with Crippen LogP contribution in [0.15, 0.2) is 17.0 Å². The molecule has 0 aromatic heterocycles. The van der Waals surface area contributed by atoms with Crippen LogP contribution in [0.5, 0.6) is 5.75 Å². The zero-order valence-electron chi connectivity index (χ0n) is 10.8. The van der Waals surface area contributed by atoms with E-state index in [-0.39, 0.29) is 23.2 Å². The summed E-state index contributed by atoms with van der Waals surface area (Å²) in [5.41, 5.74) is 6.16. The van der Waals surface area contributed by atoms with E-state index >= 15 is 0 Å². The van der Waals surface area contributed by atoms with Gasteiger partial charge >= 0.3 is 0 Å². The lowest BCUT2D eigenvalue weighted by Gasteiger charge is -2.14. The Balaban J connectivity index is 2.45. The number of benzene rings is 1. The predicted octanol–water partition coefficient (Wildman–Crippen LogP) is 1.49. The van der Waals surface area contributed by atoms with Crippen LogP contribution in [-0.4, -0.2) is 21.6 Å². The highest BCUT2D eigenvalue weighted by Crippen LogP contribution is 2.35. The molecular weight excluding hydrogens is 288 g/mol. The monoisotopic (exact) mass is 304 g/mol. The second kappa shape index (κ2) is 5.28. The Hall–Kier alpha value is -0.820. The van der Waals surface area contributed by atoms with Gasteiger partial charge in [-0.3, -0.25) is 0 Å². The van der Waals surface area contributed by atoms with Gasteiger partial charge in [-0.15, -0.1) is 0 Å². The first-order valence-corrected chi connectivity index (χ1v) is 7.84. The summed E-state index contributed by atoms with van der Waals surface area (Å²) in [6.45, 7) is 2.15. The van der Waals surface area contributed by atoms with Gasteiger partial charge in [0, 0.05) is 23.2 Å². The summed E-state index contributed by atoms with van der Waals surface area (Å²) in [6, 6.07) is 2.99. The standard InChI is InChI=1S/C12H17ClN2O3S/c1-7-3-10(7)15-19(16,17)11-5-9(13)4-8(6-14)12(11)18-2/h4-5,7,10,15H,3,6,14H2,1-2H3. The number of sulfonamides is 1. The quantitative estimate of drug-likeness (QED) is 0.863. The van der Waals surface area contributed by atoms with Crippen molar-refractivity contribution in [1.29, 1.82) is 0 Å². The summed E-state index contributed by atoms with van der Waals surface area (Å²) < 4.78 is 32.5. The highest BCUT2D eigenvalue weighted by molar-refractivity contribution is 7.89. The maximum Gasteiger partial charge on any atom is 0.244 e. The molecule has 19 heavy (non-hydrogen) atoms. The van der Waals surface area contributed by atoms with Gasteiger partial charge in [-0.1, -0.05) is 18.5 Å². The smallest absolute Gasteiger partial charge is 0.244 e. The molecule has 3 N–H and O–H groups in total. The zero-order chi connectivity index (χ0) is 14.2. The van der Waals surface area contributed by atoms with Crippen molar-refractivity contribution in [2.24, 2.45) is 11.7 Å². The third-order valence-electron chi connectivity index (χ3n) is 3.23. The topological polar surface area (TPSA) is 81.4 Å². The molecule has 0 saturated heterocycles. The second-order valence-electron chi connectivity index (χ2n) is 4.74. The van der Waals surface area contributed by atoms with Gasteiger partial charge in [0.25, 0.3) is 0 Å². The van der Waals surface area contributed by atoms with Crippen LogP contribution in [0.4, 0.5) is 0 Å². The summed E-state index contributed by atoms with van der Waals surface area (Å²) in [5.74, 6) is 0.627. The molecule has 2 atom stereocenters. The van der Waals surface area contributed by atoms with Crippen LogP contribution in [0.1, 0.15) is 18.9 Å². The van der Waals surface area contributed by atoms with Crippen molar-refractivity contribution in [1.82, 2.24) is 4.72 Å². The highest BCUT2D eigenvalue weighted by Gasteiger charge is 2.37. The van der Waals surface area contributed by atoms with E-state index in [0.29, 0.717) is 16.5 Å². The van der Waals surface area contributed by atoms with Gasteiger partial charge < -0.3 is 10.5 Å². The fraction of sp³-hybridized carbons (Fsp3) is 0.500. The zero-order valence-corrected chi connectivity index (χ0v) is 12.4. The summed E-state index contributed by atoms with van der Waals surface area (Å²) in [4.78, 5) is 0.0436. The van der Waals surface area contributed by atoms with E-state index in [0.717, 1.165) is 6.42 Å². The number of methoxy groups -OCH3 is 1. The van der Waals surface area contributed by atoms with Crippen LogP contribution in [0.2, 0.25) is 5.02 Å². The first-order valence-electron chi connectivity index (χ1n) is 5.98. The maximum absolute atomic E-state index is 12.3. The van der Waals surface area contributed by atoms with Crippen molar-refractivity contribution in [3.05, 3.63) is 22.7 Å². The van der Waals surface area contributed by atoms with E-state index < -0.39 is 10.0 Å². The molecule has 5 nitrogen and oxygen atoms in total. The van der Waals surface area contributed by atoms with Crippen LogP contribution in [0.25, 0.3) is 0 Å². The normalized spacial score (nSPS) is 22.3. The van der Waals surface area contributed by atoms with Crippen molar-refractivity contribution in [2.45, 2.75) is 30.8 Å². The average Bonchev–Trinajstić information content (AvgIpc) is 3.02. The lowest BCUT2D eigenvalue weighted by atomic mass is 10.2. The molecule has 0 aliphatic heterocycles. The van der Waals surface area contributed by atoms with Crippen molar-refractivity contribution in [2.75, 3.05) is 7.11 Å². The molecule has 2 unspecified atom stereocenters. The van der Waals surface area contributed by atoms with Gasteiger partial charge in [0.05, 0.1) is 7.11 Å². The molecule has 0 amide bonds. The van der Waals surface area contributed by atoms with E-state index in [4.69, 9.17) is 22.1 Å². The van der Waals surface area contributed by atoms with Crippen LogP contribution >= 0.6 is 11.6 Å². The number of hydrogen-bond acceptors (Lipinski definition) is 4. The van der Waals surface area contributed by atoms with E-state index in [1.807, 2.05) is 6.92 Å². The number of hydrogen-bond donors (Lipinski definition) is 2. The number of halogens is 1. The molecule has 0 radical (unpaired) electrons. The molecule has 1 aliphatic rings. The summed E-state index contributed by atoms with van der Waals surface area (Å²) in [6.07, 6.45) is 0.853. The Morgan fingerprint density at radius 2 is 2.16 bits per heavy atom. The summed E-state index contributed by atoms with van der Waals surface area (Å²) in [5, 5.41) is 0.325. The van der Waals surface area contributed by atoms with Crippen molar-refractivity contribution in [3.63, 3.8) is 0 Å². The van der Waals surface area contributed by atoms with Crippen molar-refractivity contribution in [3.8, 4) is 5.75 Å². The Labute approximate surface area is 118 Å². The Morgan fingerprint density at radius 3 is 2.63 bits per heavy atom. The lowest BCUT2D eigenvalue weighted by Crippen LogP contribution is -2.27. The largest absolute Gasteiger partial charge is 0.495 e. The second-order valence-corrected chi connectivity index (χ2v) is 6.86. The number of nitrogens with two attached hydrogens (primary N) is 1. The Kier molecular flexibility index (Phi) is 4.06. The van der Waals surface area contributed by atoms with Crippen LogP contribution in [-0.2, 0) is 16.6 Å². The average molecular weight is 305 g/mol. The van der Waals surface area contributed by atoms with Crippen LogP contribution in [0, 0.1) is 5.92 Å². The van der Waals surface area contributed by atoms with E-state index in [9.17, 15) is 8.42 Å². The maximum atomic E-state index is 12.3. The number of rotatable bonds is 5. The first kappa shape index (κ1) is 14.6. The van der Waals surface area contributed by atoms with Gasteiger partial charge in [0.1, 0.15) is 10.6 Å². The molecule has 0 spiro atoms.